The van der Waals surface area contributed by atoms with E-state index in [1.165, 1.54) is 18.2 Å². The summed E-state index contributed by atoms with van der Waals surface area (Å²) >= 11 is 0. The molecule has 9 heteroatoms. The average molecular weight is 333 g/mol. The fourth-order valence-corrected chi connectivity index (χ4v) is 2.14. The van der Waals surface area contributed by atoms with E-state index in [1.54, 1.807) is 0 Å². The fraction of sp³-hybridized carbons (Fsp3) is 0.333. The Balaban J connectivity index is 1.63. The van der Waals surface area contributed by atoms with E-state index < -0.39 is 10.8 Å². The SMILES string of the molecule is O=C(/C=C/c1cc2c(cc1[N+](=O)[O-])OCO2)NCC(=O)NC1CC1. The molecule has 1 saturated carbocycles. The van der Waals surface area contributed by atoms with Gasteiger partial charge < -0.3 is 20.1 Å². The quantitative estimate of drug-likeness (QED) is 0.450. The molecular formula is C15H15N3O6. The van der Waals surface area contributed by atoms with Crippen molar-refractivity contribution in [3.63, 3.8) is 0 Å². The lowest BCUT2D eigenvalue weighted by molar-refractivity contribution is -0.385. The molecule has 2 N–H and O–H groups in total. The molecule has 0 unspecified atom stereocenters. The second-order valence-corrected chi connectivity index (χ2v) is 5.41. The number of rotatable bonds is 6. The highest BCUT2D eigenvalue weighted by Gasteiger charge is 2.23. The van der Waals surface area contributed by atoms with E-state index in [2.05, 4.69) is 10.6 Å². The number of hydrogen-bond acceptors (Lipinski definition) is 6. The standard InChI is InChI=1S/C15H15N3O6/c19-14(16-7-15(20)17-10-2-3-10)4-1-9-5-12-13(24-8-23-12)6-11(9)18(21)22/h1,4-6,10H,2-3,7-8H2,(H,16,19)(H,17,20)/b4-1+. The van der Waals surface area contributed by atoms with E-state index in [9.17, 15) is 19.7 Å². The Morgan fingerprint density at radius 2 is 2.00 bits per heavy atom. The predicted molar refractivity (Wildman–Crippen MR) is 82.4 cm³/mol. The van der Waals surface area contributed by atoms with Crippen molar-refractivity contribution in [2.45, 2.75) is 18.9 Å². The van der Waals surface area contributed by atoms with E-state index in [0.29, 0.717) is 11.5 Å². The molecule has 1 aliphatic carbocycles. The van der Waals surface area contributed by atoms with Crippen molar-refractivity contribution >= 4 is 23.6 Å². The van der Waals surface area contributed by atoms with E-state index in [4.69, 9.17) is 9.47 Å². The van der Waals surface area contributed by atoms with Crippen LogP contribution in [0.25, 0.3) is 6.08 Å². The van der Waals surface area contributed by atoms with Gasteiger partial charge in [0, 0.05) is 12.1 Å². The number of nitro groups is 1. The van der Waals surface area contributed by atoms with Gasteiger partial charge in [0.15, 0.2) is 11.5 Å². The zero-order valence-electron chi connectivity index (χ0n) is 12.6. The zero-order valence-corrected chi connectivity index (χ0v) is 12.6. The van der Waals surface area contributed by atoms with Crippen LogP contribution >= 0.6 is 0 Å². The summed E-state index contributed by atoms with van der Waals surface area (Å²) in [6, 6.07) is 2.91. The number of carbonyl (C=O) groups is 2. The van der Waals surface area contributed by atoms with Crippen LogP contribution in [-0.4, -0.2) is 36.1 Å². The molecule has 0 bridgehead atoms. The first-order valence-corrected chi connectivity index (χ1v) is 7.36. The molecule has 0 aromatic heterocycles. The van der Waals surface area contributed by atoms with Crippen LogP contribution in [0.4, 0.5) is 5.69 Å². The third-order valence-corrected chi connectivity index (χ3v) is 3.50. The van der Waals surface area contributed by atoms with Gasteiger partial charge in [-0.2, -0.15) is 0 Å². The maximum Gasteiger partial charge on any atom is 0.280 e. The third-order valence-electron chi connectivity index (χ3n) is 3.50. The topological polar surface area (TPSA) is 120 Å². The molecule has 2 aliphatic rings. The Bertz CT molecular complexity index is 726. The number of fused-ring (bicyclic) bond motifs is 1. The molecule has 2 amide bonds. The minimum absolute atomic E-state index is 0.00372. The molecule has 126 valence electrons. The van der Waals surface area contributed by atoms with Crippen molar-refractivity contribution < 1.29 is 24.0 Å². The molecule has 9 nitrogen and oxygen atoms in total. The van der Waals surface area contributed by atoms with Crippen LogP contribution in [0.2, 0.25) is 0 Å². The smallest absolute Gasteiger partial charge is 0.280 e. The summed E-state index contributed by atoms with van der Waals surface area (Å²) in [5, 5.41) is 16.3. The van der Waals surface area contributed by atoms with Gasteiger partial charge >= 0.3 is 0 Å². The number of nitrogens with zero attached hydrogens (tertiary/aromatic N) is 1. The summed E-state index contributed by atoms with van der Waals surface area (Å²) in [5.41, 5.74) is 0.0107. The van der Waals surface area contributed by atoms with Gasteiger partial charge in [-0.25, -0.2) is 0 Å². The van der Waals surface area contributed by atoms with Gasteiger partial charge in [-0.1, -0.05) is 0 Å². The van der Waals surface area contributed by atoms with E-state index >= 15 is 0 Å². The molecule has 1 fully saturated rings. The highest BCUT2D eigenvalue weighted by Crippen LogP contribution is 2.38. The van der Waals surface area contributed by atoms with Crippen LogP contribution in [0.5, 0.6) is 11.5 Å². The summed E-state index contributed by atoms with van der Waals surface area (Å²) in [5.74, 6) is -0.106. The minimum atomic E-state index is -0.567. The zero-order chi connectivity index (χ0) is 17.1. The number of benzene rings is 1. The van der Waals surface area contributed by atoms with Crippen molar-refractivity contribution in [2.75, 3.05) is 13.3 Å². The number of ether oxygens (including phenoxy) is 2. The van der Waals surface area contributed by atoms with Crippen molar-refractivity contribution in [3.05, 3.63) is 33.9 Å². The van der Waals surface area contributed by atoms with Crippen molar-refractivity contribution in [2.24, 2.45) is 0 Å². The molecule has 1 heterocycles. The Kier molecular flexibility index (Phi) is 4.32. The first-order chi connectivity index (χ1) is 11.5. The largest absolute Gasteiger partial charge is 0.454 e. The summed E-state index contributed by atoms with van der Waals surface area (Å²) in [6.45, 7) is -0.140. The molecule has 1 aromatic rings. The van der Waals surface area contributed by atoms with Crippen LogP contribution in [0.15, 0.2) is 18.2 Å². The summed E-state index contributed by atoms with van der Waals surface area (Å²) in [4.78, 5) is 33.8. The first-order valence-electron chi connectivity index (χ1n) is 7.36. The number of carbonyl (C=O) groups excluding carboxylic acids is 2. The summed E-state index contributed by atoms with van der Waals surface area (Å²) < 4.78 is 10.3. The van der Waals surface area contributed by atoms with E-state index in [0.717, 1.165) is 18.9 Å². The van der Waals surface area contributed by atoms with Crippen molar-refractivity contribution in [1.29, 1.82) is 0 Å². The first kappa shape index (κ1) is 15.8. The lowest BCUT2D eigenvalue weighted by Crippen LogP contribution is -2.37. The Hall–Kier alpha value is -3.10. The molecule has 0 radical (unpaired) electrons. The van der Waals surface area contributed by atoms with Crippen LogP contribution < -0.4 is 20.1 Å². The maximum atomic E-state index is 11.7. The van der Waals surface area contributed by atoms with Crippen LogP contribution in [0.3, 0.4) is 0 Å². The second kappa shape index (κ2) is 6.57. The Labute approximate surface area is 136 Å². The number of nitrogens with one attached hydrogen (secondary N) is 2. The predicted octanol–water partition coefficient (Wildman–Crippen LogP) is 0.731. The lowest BCUT2D eigenvalue weighted by Gasteiger charge is -2.03. The maximum absolute atomic E-state index is 11.7. The summed E-state index contributed by atoms with van der Waals surface area (Å²) in [7, 11) is 0. The van der Waals surface area contributed by atoms with Gasteiger partial charge in [0.2, 0.25) is 18.6 Å². The molecule has 0 spiro atoms. The third kappa shape index (κ3) is 3.80. The molecule has 3 rings (SSSR count). The van der Waals surface area contributed by atoms with Gasteiger partial charge in [-0.3, -0.25) is 19.7 Å². The Morgan fingerprint density at radius 3 is 2.67 bits per heavy atom. The van der Waals surface area contributed by atoms with Crippen LogP contribution in [0, 0.1) is 10.1 Å². The number of amides is 2. The summed E-state index contributed by atoms with van der Waals surface area (Å²) in [6.07, 6.45) is 4.36. The molecular weight excluding hydrogens is 318 g/mol. The van der Waals surface area contributed by atoms with Crippen molar-refractivity contribution in [3.8, 4) is 11.5 Å². The minimum Gasteiger partial charge on any atom is -0.454 e. The monoisotopic (exact) mass is 333 g/mol. The molecule has 1 aromatic carbocycles. The van der Waals surface area contributed by atoms with Crippen LogP contribution in [-0.2, 0) is 9.59 Å². The highest BCUT2D eigenvalue weighted by atomic mass is 16.7. The molecule has 0 saturated heterocycles. The molecule has 1 aliphatic heterocycles. The van der Waals surface area contributed by atoms with Crippen molar-refractivity contribution in [1.82, 2.24) is 10.6 Å². The van der Waals surface area contributed by atoms with Gasteiger partial charge in [-0.15, -0.1) is 0 Å². The number of nitro benzene ring substituents is 1. The lowest BCUT2D eigenvalue weighted by atomic mass is 10.1. The molecule has 0 atom stereocenters. The van der Waals surface area contributed by atoms with Gasteiger partial charge in [0.25, 0.3) is 5.69 Å². The van der Waals surface area contributed by atoms with Gasteiger partial charge in [0.05, 0.1) is 23.1 Å². The van der Waals surface area contributed by atoms with Gasteiger partial charge in [-0.05, 0) is 25.0 Å². The van der Waals surface area contributed by atoms with E-state index in [-0.39, 0.29) is 36.5 Å². The average Bonchev–Trinajstić information content (AvgIpc) is 3.23. The highest BCUT2D eigenvalue weighted by molar-refractivity contribution is 5.95. The second-order valence-electron chi connectivity index (χ2n) is 5.41. The Morgan fingerprint density at radius 1 is 1.29 bits per heavy atom. The molecule has 24 heavy (non-hydrogen) atoms. The number of hydrogen-bond donors (Lipinski definition) is 2. The van der Waals surface area contributed by atoms with E-state index in [1.807, 2.05) is 0 Å². The van der Waals surface area contributed by atoms with Crippen LogP contribution in [0.1, 0.15) is 18.4 Å². The van der Waals surface area contributed by atoms with Gasteiger partial charge in [0.1, 0.15) is 0 Å². The normalized spacial score (nSPS) is 15.3. The fourth-order valence-electron chi connectivity index (χ4n) is 2.14.